The summed E-state index contributed by atoms with van der Waals surface area (Å²) in [5, 5.41) is 2.84. The van der Waals surface area contributed by atoms with Gasteiger partial charge in [-0.25, -0.2) is 4.79 Å². The molecule has 0 bridgehead atoms. The average molecular weight is 255 g/mol. The van der Waals surface area contributed by atoms with Crippen LogP contribution in [0.2, 0.25) is 0 Å². The van der Waals surface area contributed by atoms with E-state index in [4.69, 9.17) is 4.74 Å². The van der Waals surface area contributed by atoms with E-state index >= 15 is 0 Å². The number of nitrogens with one attached hydrogen (secondary N) is 1. The summed E-state index contributed by atoms with van der Waals surface area (Å²) in [6.45, 7) is 11.6. The lowest BCUT2D eigenvalue weighted by Gasteiger charge is -2.36. The van der Waals surface area contributed by atoms with Gasteiger partial charge in [-0.1, -0.05) is 41.0 Å². The molecule has 0 heterocycles. The first-order valence-corrected chi connectivity index (χ1v) is 7.34. The average Bonchev–Trinajstić information content (AvgIpc) is 2.26. The molecule has 3 atom stereocenters. The molecule has 0 aromatic heterocycles. The monoisotopic (exact) mass is 255 g/mol. The molecule has 1 rings (SSSR count). The van der Waals surface area contributed by atoms with Gasteiger partial charge in [-0.2, -0.15) is 0 Å². The van der Waals surface area contributed by atoms with Gasteiger partial charge in [0.25, 0.3) is 0 Å². The topological polar surface area (TPSA) is 38.3 Å². The number of carbonyl (C=O) groups excluding carboxylic acids is 1. The van der Waals surface area contributed by atoms with Crippen LogP contribution >= 0.6 is 0 Å². The van der Waals surface area contributed by atoms with Gasteiger partial charge in [-0.3, -0.25) is 0 Å². The summed E-state index contributed by atoms with van der Waals surface area (Å²) in [6, 6.07) is 0. The third kappa shape index (κ3) is 4.87. The minimum Gasteiger partial charge on any atom is -0.446 e. The van der Waals surface area contributed by atoms with E-state index in [1.807, 2.05) is 0 Å². The van der Waals surface area contributed by atoms with Gasteiger partial charge in [0.15, 0.2) is 0 Å². The number of carbonyl (C=O) groups is 1. The van der Waals surface area contributed by atoms with Gasteiger partial charge in [-0.05, 0) is 36.5 Å². The van der Waals surface area contributed by atoms with E-state index in [9.17, 15) is 4.79 Å². The van der Waals surface area contributed by atoms with Crippen molar-refractivity contribution < 1.29 is 9.53 Å². The first-order valence-electron chi connectivity index (χ1n) is 7.34. The Morgan fingerprint density at radius 2 is 1.94 bits per heavy atom. The molecule has 1 fully saturated rings. The lowest BCUT2D eigenvalue weighted by Crippen LogP contribution is -2.39. The Morgan fingerprint density at radius 3 is 2.50 bits per heavy atom. The zero-order valence-electron chi connectivity index (χ0n) is 12.5. The van der Waals surface area contributed by atoms with Crippen molar-refractivity contribution in [2.24, 2.45) is 23.7 Å². The maximum absolute atomic E-state index is 11.8. The standard InChI is InChI=1S/C15H29NO2/c1-10(2)9-16-15(17)18-14-8-12(5)6-7-13(14)11(3)4/h10-14H,6-9H2,1-5H3,(H,16,17)/t12-,13+,14-/m0/s1. The molecule has 0 radical (unpaired) electrons. The van der Waals surface area contributed by atoms with Crippen LogP contribution in [-0.2, 0) is 4.74 Å². The summed E-state index contributed by atoms with van der Waals surface area (Å²) in [5.41, 5.74) is 0. The molecule has 0 unspecified atom stereocenters. The normalized spacial score (nSPS) is 28.5. The molecule has 1 aliphatic rings. The van der Waals surface area contributed by atoms with E-state index in [1.54, 1.807) is 0 Å². The van der Waals surface area contributed by atoms with Gasteiger partial charge in [-0.15, -0.1) is 0 Å². The molecule has 18 heavy (non-hydrogen) atoms. The third-order valence-corrected chi connectivity index (χ3v) is 3.87. The SMILES string of the molecule is CC(C)CNC(=O)O[C@H]1C[C@@H](C)CC[C@@H]1C(C)C. The van der Waals surface area contributed by atoms with E-state index in [1.165, 1.54) is 12.8 Å². The number of alkyl carbamates (subject to hydrolysis) is 1. The van der Waals surface area contributed by atoms with Crippen molar-refractivity contribution in [3.05, 3.63) is 0 Å². The van der Waals surface area contributed by atoms with Gasteiger partial charge in [0, 0.05) is 6.54 Å². The summed E-state index contributed by atoms with van der Waals surface area (Å²) in [7, 11) is 0. The minimum absolute atomic E-state index is 0.0981. The second-order valence-electron chi connectivity index (χ2n) is 6.54. The molecule has 3 heteroatoms. The van der Waals surface area contributed by atoms with E-state index < -0.39 is 0 Å². The fourth-order valence-electron chi connectivity index (χ4n) is 2.72. The smallest absolute Gasteiger partial charge is 0.407 e. The largest absolute Gasteiger partial charge is 0.446 e. The van der Waals surface area contributed by atoms with E-state index in [-0.39, 0.29) is 12.2 Å². The van der Waals surface area contributed by atoms with Gasteiger partial charge in [0.1, 0.15) is 6.10 Å². The van der Waals surface area contributed by atoms with Crippen LogP contribution < -0.4 is 5.32 Å². The summed E-state index contributed by atoms with van der Waals surface area (Å²) in [6.07, 6.45) is 3.31. The molecule has 0 saturated heterocycles. The molecule has 0 aromatic rings. The highest BCUT2D eigenvalue weighted by Gasteiger charge is 2.33. The highest BCUT2D eigenvalue weighted by atomic mass is 16.6. The Morgan fingerprint density at radius 1 is 1.28 bits per heavy atom. The van der Waals surface area contributed by atoms with Crippen LogP contribution in [-0.4, -0.2) is 18.7 Å². The Hall–Kier alpha value is -0.730. The lowest BCUT2D eigenvalue weighted by molar-refractivity contribution is 0.00595. The van der Waals surface area contributed by atoms with Crippen LogP contribution in [0, 0.1) is 23.7 Å². The van der Waals surface area contributed by atoms with Crippen molar-refractivity contribution in [2.45, 2.75) is 60.0 Å². The Labute approximate surface area is 112 Å². The summed E-state index contributed by atoms with van der Waals surface area (Å²) >= 11 is 0. The Balaban J connectivity index is 2.47. The zero-order chi connectivity index (χ0) is 13.7. The molecule has 0 aliphatic heterocycles. The predicted molar refractivity (Wildman–Crippen MR) is 74.5 cm³/mol. The fraction of sp³-hybridized carbons (Fsp3) is 0.933. The molecule has 106 valence electrons. The van der Waals surface area contributed by atoms with Crippen LogP contribution in [0.4, 0.5) is 4.79 Å². The molecule has 3 nitrogen and oxygen atoms in total. The summed E-state index contributed by atoms with van der Waals surface area (Å²) in [4.78, 5) is 11.8. The van der Waals surface area contributed by atoms with Crippen LogP contribution in [0.25, 0.3) is 0 Å². The van der Waals surface area contributed by atoms with Crippen molar-refractivity contribution in [1.29, 1.82) is 0 Å². The van der Waals surface area contributed by atoms with E-state index in [0.29, 0.717) is 30.2 Å². The number of rotatable bonds is 4. The van der Waals surface area contributed by atoms with Gasteiger partial charge >= 0.3 is 6.09 Å². The van der Waals surface area contributed by atoms with Crippen molar-refractivity contribution in [3.8, 4) is 0 Å². The molecular formula is C15H29NO2. The molecule has 0 aromatic carbocycles. The summed E-state index contributed by atoms with van der Waals surface area (Å²) < 4.78 is 5.64. The highest BCUT2D eigenvalue weighted by molar-refractivity contribution is 5.67. The van der Waals surface area contributed by atoms with Crippen molar-refractivity contribution >= 4 is 6.09 Å². The first kappa shape index (κ1) is 15.3. The molecule has 0 spiro atoms. The number of hydrogen-bond acceptors (Lipinski definition) is 2. The molecular weight excluding hydrogens is 226 g/mol. The Bertz CT molecular complexity index is 263. The third-order valence-electron chi connectivity index (χ3n) is 3.87. The van der Waals surface area contributed by atoms with E-state index in [0.717, 1.165) is 6.42 Å². The highest BCUT2D eigenvalue weighted by Crippen LogP contribution is 2.35. The second kappa shape index (κ2) is 7.01. The minimum atomic E-state index is -0.242. The van der Waals surface area contributed by atoms with Crippen LogP contribution in [0.1, 0.15) is 53.9 Å². The van der Waals surface area contributed by atoms with Crippen LogP contribution in [0.3, 0.4) is 0 Å². The van der Waals surface area contributed by atoms with Gasteiger partial charge in [0.05, 0.1) is 0 Å². The molecule has 1 aliphatic carbocycles. The van der Waals surface area contributed by atoms with Crippen molar-refractivity contribution in [3.63, 3.8) is 0 Å². The summed E-state index contributed by atoms with van der Waals surface area (Å²) in [5.74, 6) is 2.23. The number of amides is 1. The van der Waals surface area contributed by atoms with Crippen molar-refractivity contribution in [2.75, 3.05) is 6.54 Å². The maximum atomic E-state index is 11.8. The number of hydrogen-bond donors (Lipinski definition) is 1. The second-order valence-corrected chi connectivity index (χ2v) is 6.54. The van der Waals surface area contributed by atoms with Crippen molar-refractivity contribution in [1.82, 2.24) is 5.32 Å². The van der Waals surface area contributed by atoms with Crippen LogP contribution in [0.5, 0.6) is 0 Å². The lowest BCUT2D eigenvalue weighted by atomic mass is 9.75. The molecule has 1 saturated carbocycles. The molecule has 1 amide bonds. The first-order chi connectivity index (χ1) is 8.40. The van der Waals surface area contributed by atoms with E-state index in [2.05, 4.69) is 39.9 Å². The Kier molecular flexibility index (Phi) is 5.97. The van der Waals surface area contributed by atoms with Gasteiger partial charge in [0.2, 0.25) is 0 Å². The fourth-order valence-corrected chi connectivity index (χ4v) is 2.72. The molecule has 1 N–H and O–H groups in total. The van der Waals surface area contributed by atoms with Crippen LogP contribution in [0.15, 0.2) is 0 Å². The zero-order valence-corrected chi connectivity index (χ0v) is 12.5. The number of ether oxygens (including phenoxy) is 1. The quantitative estimate of drug-likeness (QED) is 0.829. The van der Waals surface area contributed by atoms with Gasteiger partial charge < -0.3 is 10.1 Å². The predicted octanol–water partition coefficient (Wildman–Crippen LogP) is 3.83. The maximum Gasteiger partial charge on any atom is 0.407 e.